The van der Waals surface area contributed by atoms with E-state index >= 15 is 0 Å². The molecule has 150 valence electrons. The van der Waals surface area contributed by atoms with Crippen LogP contribution in [-0.2, 0) is 6.18 Å². The minimum Gasteiger partial charge on any atom is -0.477 e. The molecule has 0 unspecified atom stereocenters. The van der Waals surface area contributed by atoms with Gasteiger partial charge in [0.2, 0.25) is 5.88 Å². The number of halogens is 3. The molecular weight excluding hydrogens is 369 g/mol. The first-order chi connectivity index (χ1) is 13.4. The molecule has 0 aliphatic rings. The predicted octanol–water partition coefficient (Wildman–Crippen LogP) is 4.53. The Kier molecular flexibility index (Phi) is 6.18. The molecule has 0 radical (unpaired) electrons. The largest absolute Gasteiger partial charge is 0.477 e. The Balaban J connectivity index is 1.78. The standard InChI is InChI=1S/C20H23F3N4O/c1-3-26(4-2)11-6-12-28-19-10-9-18-24-14-17(27(18)25-19)15-7-5-8-16(13-15)20(21,22)23/h5,7-10,13-14H,3-4,6,11-12H2,1-2H3. The summed E-state index contributed by atoms with van der Waals surface area (Å²) in [6.07, 6.45) is -2.02. The topological polar surface area (TPSA) is 42.7 Å². The lowest BCUT2D eigenvalue weighted by Crippen LogP contribution is -2.25. The summed E-state index contributed by atoms with van der Waals surface area (Å²) in [5, 5.41) is 4.40. The van der Waals surface area contributed by atoms with Gasteiger partial charge in [0.05, 0.1) is 24.1 Å². The summed E-state index contributed by atoms with van der Waals surface area (Å²) in [7, 11) is 0. The van der Waals surface area contributed by atoms with Crippen LogP contribution in [0.5, 0.6) is 5.88 Å². The number of rotatable bonds is 8. The van der Waals surface area contributed by atoms with Crippen LogP contribution in [0.2, 0.25) is 0 Å². The van der Waals surface area contributed by atoms with Crippen molar-refractivity contribution in [3.63, 3.8) is 0 Å². The number of benzene rings is 1. The van der Waals surface area contributed by atoms with Crippen molar-refractivity contribution in [2.45, 2.75) is 26.4 Å². The maximum atomic E-state index is 13.0. The van der Waals surface area contributed by atoms with Crippen molar-refractivity contribution in [1.82, 2.24) is 19.5 Å². The summed E-state index contributed by atoms with van der Waals surface area (Å²) in [5.74, 6) is 0.415. The average Bonchev–Trinajstić information content (AvgIpc) is 3.11. The molecule has 1 aromatic carbocycles. The number of nitrogens with zero attached hydrogens (tertiary/aromatic N) is 4. The van der Waals surface area contributed by atoms with Gasteiger partial charge >= 0.3 is 6.18 Å². The van der Waals surface area contributed by atoms with Crippen molar-refractivity contribution >= 4 is 5.65 Å². The molecule has 0 amide bonds. The van der Waals surface area contributed by atoms with Gasteiger partial charge in [0.15, 0.2) is 5.65 Å². The van der Waals surface area contributed by atoms with Crippen molar-refractivity contribution in [1.29, 1.82) is 0 Å². The van der Waals surface area contributed by atoms with Crippen LogP contribution in [0.3, 0.4) is 0 Å². The van der Waals surface area contributed by atoms with Gasteiger partial charge < -0.3 is 9.64 Å². The van der Waals surface area contributed by atoms with E-state index in [0.29, 0.717) is 29.4 Å². The van der Waals surface area contributed by atoms with Gasteiger partial charge in [0.1, 0.15) is 0 Å². The number of imidazole rings is 1. The van der Waals surface area contributed by atoms with Crippen LogP contribution in [0.15, 0.2) is 42.6 Å². The van der Waals surface area contributed by atoms with Crippen molar-refractivity contribution in [3.05, 3.63) is 48.2 Å². The lowest BCUT2D eigenvalue weighted by Gasteiger charge is -2.17. The van der Waals surface area contributed by atoms with Crippen LogP contribution >= 0.6 is 0 Å². The Morgan fingerprint density at radius 2 is 1.89 bits per heavy atom. The third-order valence-electron chi connectivity index (χ3n) is 4.59. The number of hydrogen-bond acceptors (Lipinski definition) is 4. The van der Waals surface area contributed by atoms with Crippen molar-refractivity contribution in [2.24, 2.45) is 0 Å². The molecule has 0 saturated carbocycles. The molecule has 2 aromatic heterocycles. The van der Waals surface area contributed by atoms with Crippen LogP contribution < -0.4 is 4.74 Å². The number of fused-ring (bicyclic) bond motifs is 1. The SMILES string of the molecule is CCN(CC)CCCOc1ccc2ncc(-c3cccc(C(F)(F)F)c3)n2n1. The molecule has 0 bridgehead atoms. The second-order valence-electron chi connectivity index (χ2n) is 6.39. The van der Waals surface area contributed by atoms with E-state index in [1.54, 1.807) is 18.2 Å². The Morgan fingerprint density at radius 3 is 2.61 bits per heavy atom. The molecule has 0 aliphatic heterocycles. The van der Waals surface area contributed by atoms with E-state index in [9.17, 15) is 13.2 Å². The smallest absolute Gasteiger partial charge is 0.416 e. The number of hydrogen-bond donors (Lipinski definition) is 0. The Morgan fingerprint density at radius 1 is 1.11 bits per heavy atom. The molecule has 5 nitrogen and oxygen atoms in total. The molecule has 0 N–H and O–H groups in total. The van der Waals surface area contributed by atoms with Gasteiger partial charge in [-0.2, -0.15) is 13.2 Å². The third kappa shape index (κ3) is 4.62. The summed E-state index contributed by atoms with van der Waals surface area (Å²) in [4.78, 5) is 6.53. The number of aromatic nitrogens is 3. The fourth-order valence-corrected chi connectivity index (χ4v) is 2.99. The highest BCUT2D eigenvalue weighted by molar-refractivity contribution is 5.64. The molecule has 0 spiro atoms. The van der Waals surface area contributed by atoms with Gasteiger partial charge in [-0.1, -0.05) is 26.0 Å². The minimum atomic E-state index is -4.40. The van der Waals surface area contributed by atoms with Crippen LogP contribution in [0.4, 0.5) is 13.2 Å². The fraction of sp³-hybridized carbons (Fsp3) is 0.400. The van der Waals surface area contributed by atoms with Crippen molar-refractivity contribution in [2.75, 3.05) is 26.2 Å². The second-order valence-corrected chi connectivity index (χ2v) is 6.39. The van der Waals surface area contributed by atoms with E-state index in [1.165, 1.54) is 16.8 Å². The number of ether oxygens (including phenoxy) is 1. The van der Waals surface area contributed by atoms with Crippen LogP contribution in [0, 0.1) is 0 Å². The normalized spacial score (nSPS) is 12.1. The second kappa shape index (κ2) is 8.60. The molecule has 28 heavy (non-hydrogen) atoms. The highest BCUT2D eigenvalue weighted by atomic mass is 19.4. The Hall–Kier alpha value is -2.61. The molecule has 2 heterocycles. The summed E-state index contributed by atoms with van der Waals surface area (Å²) in [6, 6.07) is 8.59. The van der Waals surface area contributed by atoms with E-state index < -0.39 is 11.7 Å². The van der Waals surface area contributed by atoms with Gasteiger partial charge in [0.25, 0.3) is 0 Å². The summed E-state index contributed by atoms with van der Waals surface area (Å²) < 4.78 is 46.3. The van der Waals surface area contributed by atoms with Crippen LogP contribution in [0.1, 0.15) is 25.8 Å². The zero-order valence-corrected chi connectivity index (χ0v) is 15.9. The third-order valence-corrected chi connectivity index (χ3v) is 4.59. The molecule has 0 fully saturated rings. The quantitative estimate of drug-likeness (QED) is 0.529. The first-order valence-electron chi connectivity index (χ1n) is 9.30. The molecule has 3 rings (SSSR count). The van der Waals surface area contributed by atoms with Gasteiger partial charge in [-0.05, 0) is 37.7 Å². The first-order valence-corrected chi connectivity index (χ1v) is 9.30. The monoisotopic (exact) mass is 392 g/mol. The van der Waals surface area contributed by atoms with Crippen LogP contribution in [0.25, 0.3) is 16.9 Å². The van der Waals surface area contributed by atoms with E-state index in [-0.39, 0.29) is 0 Å². The lowest BCUT2D eigenvalue weighted by molar-refractivity contribution is -0.137. The maximum Gasteiger partial charge on any atom is 0.416 e. The lowest BCUT2D eigenvalue weighted by atomic mass is 10.1. The Bertz CT molecular complexity index is 919. The molecule has 0 aliphatic carbocycles. The average molecular weight is 392 g/mol. The summed E-state index contributed by atoms with van der Waals surface area (Å²) >= 11 is 0. The van der Waals surface area contributed by atoms with E-state index in [0.717, 1.165) is 38.2 Å². The predicted molar refractivity (Wildman–Crippen MR) is 101 cm³/mol. The van der Waals surface area contributed by atoms with Gasteiger partial charge in [0, 0.05) is 18.2 Å². The van der Waals surface area contributed by atoms with Crippen LogP contribution in [-0.4, -0.2) is 45.7 Å². The molecule has 8 heteroatoms. The maximum absolute atomic E-state index is 13.0. The highest BCUT2D eigenvalue weighted by Crippen LogP contribution is 2.32. The highest BCUT2D eigenvalue weighted by Gasteiger charge is 2.30. The molecule has 0 saturated heterocycles. The van der Waals surface area contributed by atoms with E-state index in [4.69, 9.17) is 4.74 Å². The van der Waals surface area contributed by atoms with Gasteiger partial charge in [-0.15, -0.1) is 5.10 Å². The van der Waals surface area contributed by atoms with Gasteiger partial charge in [-0.3, -0.25) is 0 Å². The van der Waals surface area contributed by atoms with Crippen molar-refractivity contribution < 1.29 is 17.9 Å². The molecule has 0 atom stereocenters. The first kappa shape index (κ1) is 20.1. The zero-order chi connectivity index (χ0) is 20.1. The molecular formula is C20H23F3N4O. The van der Waals surface area contributed by atoms with E-state index in [1.807, 2.05) is 0 Å². The van der Waals surface area contributed by atoms with E-state index in [2.05, 4.69) is 28.8 Å². The van der Waals surface area contributed by atoms with Gasteiger partial charge in [-0.25, -0.2) is 9.50 Å². The molecule has 3 aromatic rings. The van der Waals surface area contributed by atoms with Crippen molar-refractivity contribution in [3.8, 4) is 17.1 Å². The summed E-state index contributed by atoms with van der Waals surface area (Å²) in [6.45, 7) is 7.69. The minimum absolute atomic E-state index is 0.397. The Labute approximate surface area is 161 Å². The fourth-order valence-electron chi connectivity index (χ4n) is 2.99. The number of alkyl halides is 3. The summed E-state index contributed by atoms with van der Waals surface area (Å²) in [5.41, 5.74) is 0.717. The zero-order valence-electron chi connectivity index (χ0n) is 15.9.